The van der Waals surface area contributed by atoms with Crippen LogP contribution in [0.5, 0.6) is 0 Å². The summed E-state index contributed by atoms with van der Waals surface area (Å²) in [7, 11) is 0. The van der Waals surface area contributed by atoms with Crippen molar-refractivity contribution in [2.24, 2.45) is 0 Å². The number of rotatable bonds is 1. The van der Waals surface area contributed by atoms with Gasteiger partial charge >= 0.3 is 0 Å². The van der Waals surface area contributed by atoms with Gasteiger partial charge in [-0.3, -0.25) is 0 Å². The Morgan fingerprint density at radius 3 is 2.36 bits per heavy atom. The normalized spacial score (nSPS) is 50.8. The maximum atomic E-state index is 10.1. The molecule has 2 fully saturated rings. The predicted octanol–water partition coefficient (Wildman–Crippen LogP) is -0.394. The highest BCUT2D eigenvalue weighted by Crippen LogP contribution is 2.42. The highest BCUT2D eigenvalue weighted by atomic mass is 16.8. The molecule has 14 heavy (non-hydrogen) atoms. The van der Waals surface area contributed by atoms with E-state index >= 15 is 0 Å². The topological polar surface area (TPSA) is 68.2 Å². The van der Waals surface area contributed by atoms with Crippen molar-refractivity contribution >= 4 is 0 Å². The molecule has 5 heteroatoms. The third-order valence-electron chi connectivity index (χ3n) is 2.75. The molecule has 2 rings (SSSR count). The van der Waals surface area contributed by atoms with Crippen LogP contribution in [-0.4, -0.2) is 46.7 Å². The molecule has 0 saturated carbocycles. The molecule has 2 saturated heterocycles. The maximum Gasteiger partial charge on any atom is 0.190 e. The highest BCUT2D eigenvalue weighted by molar-refractivity contribution is 5.01. The lowest BCUT2D eigenvalue weighted by Crippen LogP contribution is -2.47. The first-order valence-electron chi connectivity index (χ1n) is 4.71. The van der Waals surface area contributed by atoms with E-state index in [1.165, 1.54) is 0 Å². The molecule has 2 aliphatic heterocycles. The zero-order valence-electron chi connectivity index (χ0n) is 8.56. The lowest BCUT2D eigenvalue weighted by atomic mass is 9.95. The Labute approximate surface area is 82.6 Å². The van der Waals surface area contributed by atoms with Gasteiger partial charge in [-0.05, 0) is 20.8 Å². The van der Waals surface area contributed by atoms with Crippen molar-refractivity contribution in [1.29, 1.82) is 0 Å². The van der Waals surface area contributed by atoms with E-state index in [4.69, 9.17) is 19.3 Å². The molecule has 2 aliphatic rings. The van der Waals surface area contributed by atoms with Crippen LogP contribution in [0.1, 0.15) is 20.8 Å². The maximum absolute atomic E-state index is 10.1. The van der Waals surface area contributed by atoms with E-state index < -0.39 is 29.9 Å². The summed E-state index contributed by atoms with van der Waals surface area (Å²) in [5.41, 5.74) is -1.20. The van der Waals surface area contributed by atoms with Crippen molar-refractivity contribution in [3.8, 4) is 0 Å². The first-order chi connectivity index (χ1) is 6.37. The van der Waals surface area contributed by atoms with E-state index in [1.54, 1.807) is 20.8 Å². The first-order valence-corrected chi connectivity index (χ1v) is 4.71. The number of fused-ring (bicyclic) bond motifs is 1. The zero-order valence-corrected chi connectivity index (χ0v) is 8.56. The van der Waals surface area contributed by atoms with Gasteiger partial charge in [-0.15, -0.1) is 0 Å². The van der Waals surface area contributed by atoms with Gasteiger partial charge in [0.05, 0.1) is 6.61 Å². The Bertz CT molecular complexity index is 237. The van der Waals surface area contributed by atoms with Gasteiger partial charge in [-0.1, -0.05) is 0 Å². The summed E-state index contributed by atoms with van der Waals surface area (Å²) in [4.78, 5) is 0. The summed E-state index contributed by atoms with van der Waals surface area (Å²) in [6.45, 7) is 4.87. The number of aliphatic hydroxyl groups is 2. The van der Waals surface area contributed by atoms with Gasteiger partial charge in [0.15, 0.2) is 12.1 Å². The second kappa shape index (κ2) is 2.90. The van der Waals surface area contributed by atoms with Crippen molar-refractivity contribution < 1.29 is 24.4 Å². The van der Waals surface area contributed by atoms with Crippen LogP contribution in [0.4, 0.5) is 0 Å². The van der Waals surface area contributed by atoms with E-state index in [0.717, 1.165) is 0 Å². The highest BCUT2D eigenvalue weighted by Gasteiger charge is 2.60. The molecule has 0 amide bonds. The van der Waals surface area contributed by atoms with Gasteiger partial charge in [0, 0.05) is 0 Å². The van der Waals surface area contributed by atoms with Crippen LogP contribution >= 0.6 is 0 Å². The van der Waals surface area contributed by atoms with Crippen LogP contribution < -0.4 is 0 Å². The number of aliphatic hydroxyl groups excluding tert-OH is 1. The largest absolute Gasteiger partial charge is 0.394 e. The van der Waals surface area contributed by atoms with Gasteiger partial charge < -0.3 is 24.4 Å². The second-order valence-electron chi connectivity index (χ2n) is 4.46. The molecule has 2 heterocycles. The van der Waals surface area contributed by atoms with Crippen LogP contribution in [0.15, 0.2) is 0 Å². The van der Waals surface area contributed by atoms with E-state index in [9.17, 15) is 5.11 Å². The zero-order chi connectivity index (χ0) is 10.6. The van der Waals surface area contributed by atoms with Crippen molar-refractivity contribution in [2.75, 3.05) is 6.61 Å². The Kier molecular flexibility index (Phi) is 2.14. The third kappa shape index (κ3) is 1.36. The second-order valence-corrected chi connectivity index (χ2v) is 4.46. The molecule has 0 aromatic rings. The Morgan fingerprint density at radius 2 is 1.86 bits per heavy atom. The van der Waals surface area contributed by atoms with Crippen LogP contribution in [0.3, 0.4) is 0 Å². The van der Waals surface area contributed by atoms with Gasteiger partial charge in [0.1, 0.15) is 17.8 Å². The summed E-state index contributed by atoms with van der Waals surface area (Å²) in [6.07, 6.45) is -1.76. The van der Waals surface area contributed by atoms with Crippen molar-refractivity contribution in [1.82, 2.24) is 0 Å². The molecular weight excluding hydrogens is 188 g/mol. The predicted molar refractivity (Wildman–Crippen MR) is 46.4 cm³/mol. The Balaban J connectivity index is 2.18. The van der Waals surface area contributed by atoms with Crippen LogP contribution in [0.25, 0.3) is 0 Å². The third-order valence-corrected chi connectivity index (χ3v) is 2.75. The molecule has 0 spiro atoms. The van der Waals surface area contributed by atoms with Crippen LogP contribution in [-0.2, 0) is 14.2 Å². The van der Waals surface area contributed by atoms with E-state index in [-0.39, 0.29) is 6.61 Å². The average molecular weight is 204 g/mol. The van der Waals surface area contributed by atoms with Crippen LogP contribution in [0, 0.1) is 0 Å². The lowest BCUT2D eigenvalue weighted by Gasteiger charge is -2.29. The molecule has 82 valence electrons. The number of hydrogen-bond acceptors (Lipinski definition) is 5. The van der Waals surface area contributed by atoms with Crippen molar-refractivity contribution in [3.63, 3.8) is 0 Å². The minimum Gasteiger partial charge on any atom is -0.394 e. The standard InChI is InChI=1S/C9H16O5/c1-8(2)13-6-7(14-8)12-5(4-10)9(6,3)11/h5-7,10-11H,4H2,1-3H3/t5-,6+,7?,9+/m1/s1. The average Bonchev–Trinajstić information content (AvgIpc) is 2.45. The summed E-state index contributed by atoms with van der Waals surface area (Å²) < 4.78 is 16.3. The first kappa shape index (κ1) is 10.3. The lowest BCUT2D eigenvalue weighted by molar-refractivity contribution is -0.230. The number of hydrogen-bond donors (Lipinski definition) is 2. The van der Waals surface area contributed by atoms with Gasteiger partial charge in [-0.2, -0.15) is 0 Å². The molecule has 5 nitrogen and oxygen atoms in total. The van der Waals surface area contributed by atoms with Gasteiger partial charge in [0.25, 0.3) is 0 Å². The van der Waals surface area contributed by atoms with Gasteiger partial charge in [0.2, 0.25) is 0 Å². The summed E-state index contributed by atoms with van der Waals surface area (Å²) in [5, 5.41) is 19.1. The summed E-state index contributed by atoms with van der Waals surface area (Å²) >= 11 is 0. The smallest absolute Gasteiger partial charge is 0.190 e. The van der Waals surface area contributed by atoms with E-state index in [2.05, 4.69) is 0 Å². The minimum atomic E-state index is -1.20. The minimum absolute atomic E-state index is 0.243. The summed E-state index contributed by atoms with van der Waals surface area (Å²) in [6, 6.07) is 0. The van der Waals surface area contributed by atoms with Crippen molar-refractivity contribution in [2.45, 2.75) is 50.7 Å². The molecule has 0 aliphatic carbocycles. The summed E-state index contributed by atoms with van der Waals surface area (Å²) in [5.74, 6) is -0.736. The molecule has 1 unspecified atom stereocenters. The quantitative estimate of drug-likeness (QED) is 0.608. The molecule has 0 radical (unpaired) electrons. The molecule has 4 atom stereocenters. The van der Waals surface area contributed by atoms with Gasteiger partial charge in [-0.25, -0.2) is 0 Å². The molecule has 0 bridgehead atoms. The van der Waals surface area contributed by atoms with Crippen LogP contribution in [0.2, 0.25) is 0 Å². The van der Waals surface area contributed by atoms with E-state index in [1.807, 2.05) is 0 Å². The molecule has 0 aromatic carbocycles. The molecule has 2 N–H and O–H groups in total. The molecular formula is C9H16O5. The number of ether oxygens (including phenoxy) is 3. The fourth-order valence-electron chi connectivity index (χ4n) is 1.94. The van der Waals surface area contributed by atoms with Crippen molar-refractivity contribution in [3.05, 3.63) is 0 Å². The van der Waals surface area contributed by atoms with E-state index in [0.29, 0.717) is 0 Å². The fraction of sp³-hybridized carbons (Fsp3) is 1.00. The SMILES string of the molecule is CC1(C)OC2O[C@H](CO)[C@](C)(O)[C@H]2O1. The molecule has 0 aromatic heterocycles. The monoisotopic (exact) mass is 204 g/mol. The Morgan fingerprint density at radius 1 is 1.21 bits per heavy atom. The fourth-order valence-corrected chi connectivity index (χ4v) is 1.94. The Hall–Kier alpha value is -0.200.